The first-order valence-electron chi connectivity index (χ1n) is 10.6. The maximum Gasteiger partial charge on any atom is 0.160 e. The number of nitrogens with zero attached hydrogens (tertiary/aromatic N) is 4. The summed E-state index contributed by atoms with van der Waals surface area (Å²) < 4.78 is 2.40. The highest BCUT2D eigenvalue weighted by atomic mass is 32.2. The summed E-state index contributed by atoms with van der Waals surface area (Å²) in [4.78, 5) is 12.3. The van der Waals surface area contributed by atoms with Crippen molar-refractivity contribution in [1.82, 2.24) is 14.5 Å². The van der Waals surface area contributed by atoms with Crippen LogP contribution in [0.4, 0.5) is 0 Å². The van der Waals surface area contributed by atoms with E-state index in [0.717, 1.165) is 12.2 Å². The molecule has 4 heterocycles. The Morgan fingerprint density at radius 1 is 1.00 bits per heavy atom. The molecule has 1 fully saturated rings. The fraction of sp³-hybridized carbons (Fsp3) is 0.360. The zero-order valence-corrected chi connectivity index (χ0v) is 19.1. The van der Waals surface area contributed by atoms with Crippen molar-refractivity contribution in [2.75, 3.05) is 6.54 Å². The van der Waals surface area contributed by atoms with Crippen molar-refractivity contribution in [1.29, 1.82) is 0 Å². The molecular weight excluding hydrogens is 388 g/mol. The van der Waals surface area contributed by atoms with Gasteiger partial charge in [-0.2, -0.15) is 0 Å². The SMILES string of the molecule is Cc1cc(C)cc(-n2c(C)cc([C@@H]3[C@@H](c4ccccn4)N=C4S[C@H](C)CN43)c2C)c1. The van der Waals surface area contributed by atoms with Gasteiger partial charge in [0.05, 0.1) is 11.7 Å². The van der Waals surface area contributed by atoms with Gasteiger partial charge in [0.15, 0.2) is 5.17 Å². The number of pyridine rings is 1. The summed E-state index contributed by atoms with van der Waals surface area (Å²) in [5, 5.41) is 1.73. The smallest absolute Gasteiger partial charge is 0.160 e. The monoisotopic (exact) mass is 416 g/mol. The van der Waals surface area contributed by atoms with Crippen LogP contribution in [0, 0.1) is 27.7 Å². The molecular formula is C25H28N4S. The largest absolute Gasteiger partial charge is 0.341 e. The van der Waals surface area contributed by atoms with E-state index in [4.69, 9.17) is 4.99 Å². The van der Waals surface area contributed by atoms with Crippen molar-refractivity contribution in [2.45, 2.75) is 52.0 Å². The van der Waals surface area contributed by atoms with Gasteiger partial charge in [0, 0.05) is 35.1 Å². The topological polar surface area (TPSA) is 33.4 Å². The van der Waals surface area contributed by atoms with E-state index in [0.29, 0.717) is 5.25 Å². The zero-order valence-electron chi connectivity index (χ0n) is 18.3. The van der Waals surface area contributed by atoms with Crippen molar-refractivity contribution in [2.24, 2.45) is 4.99 Å². The standard InChI is InChI=1S/C25H28N4S/c1-15-10-16(2)12-20(11-15)29-17(3)13-21(19(29)5)24-23(22-8-6-7-9-26-22)27-25-28(24)14-18(4)30-25/h6-13,18,23-24H,14H2,1-5H3/t18-,23-,24-/m1/s1. The Morgan fingerprint density at radius 3 is 2.47 bits per heavy atom. The van der Waals surface area contributed by atoms with Gasteiger partial charge in [-0.15, -0.1) is 0 Å². The molecule has 0 amide bonds. The molecule has 0 unspecified atom stereocenters. The number of benzene rings is 1. The minimum atomic E-state index is 0.0365. The Labute approximate surface area is 183 Å². The van der Waals surface area contributed by atoms with Crippen molar-refractivity contribution in [3.8, 4) is 5.69 Å². The second-order valence-corrected chi connectivity index (χ2v) is 10.1. The van der Waals surface area contributed by atoms with Gasteiger partial charge in [0.2, 0.25) is 0 Å². The molecule has 0 aliphatic carbocycles. The van der Waals surface area contributed by atoms with Gasteiger partial charge in [-0.3, -0.25) is 9.98 Å². The van der Waals surface area contributed by atoms with Gasteiger partial charge < -0.3 is 9.47 Å². The molecule has 30 heavy (non-hydrogen) atoms. The van der Waals surface area contributed by atoms with Gasteiger partial charge in [0.25, 0.3) is 0 Å². The number of fused-ring (bicyclic) bond motifs is 1. The number of aliphatic imine (C=N–C) groups is 1. The lowest BCUT2D eigenvalue weighted by Gasteiger charge is -2.27. The van der Waals surface area contributed by atoms with E-state index in [2.05, 4.69) is 85.5 Å². The van der Waals surface area contributed by atoms with Gasteiger partial charge in [-0.05, 0) is 74.7 Å². The summed E-state index contributed by atoms with van der Waals surface area (Å²) in [5.41, 5.74) is 8.80. The molecule has 4 nitrogen and oxygen atoms in total. The molecule has 2 aliphatic heterocycles. The Kier molecular flexibility index (Phi) is 4.73. The molecule has 3 aromatic rings. The van der Waals surface area contributed by atoms with Gasteiger partial charge in [-0.1, -0.05) is 30.8 Å². The summed E-state index contributed by atoms with van der Waals surface area (Å²) in [5.74, 6) is 0. The fourth-order valence-electron chi connectivity index (χ4n) is 5.02. The zero-order chi connectivity index (χ0) is 21.0. The van der Waals surface area contributed by atoms with E-state index in [1.165, 1.54) is 38.9 Å². The first-order chi connectivity index (χ1) is 14.4. The summed E-state index contributed by atoms with van der Waals surface area (Å²) in [6.45, 7) is 12.1. The molecule has 0 radical (unpaired) electrons. The van der Waals surface area contributed by atoms with E-state index >= 15 is 0 Å². The number of amidine groups is 1. The van der Waals surface area contributed by atoms with E-state index in [1.807, 2.05) is 24.0 Å². The highest BCUT2D eigenvalue weighted by Crippen LogP contribution is 2.48. The molecule has 0 saturated carbocycles. The van der Waals surface area contributed by atoms with Crippen LogP contribution in [0.1, 0.15) is 52.8 Å². The van der Waals surface area contributed by atoms with Crippen LogP contribution >= 0.6 is 11.8 Å². The van der Waals surface area contributed by atoms with Crippen molar-refractivity contribution in [3.05, 3.63) is 82.4 Å². The van der Waals surface area contributed by atoms with Crippen LogP contribution in [0.3, 0.4) is 0 Å². The molecule has 3 atom stereocenters. The molecule has 2 aromatic heterocycles. The van der Waals surface area contributed by atoms with Crippen molar-refractivity contribution < 1.29 is 0 Å². The first-order valence-corrected chi connectivity index (χ1v) is 11.5. The Balaban J connectivity index is 1.63. The number of rotatable bonds is 3. The third-order valence-electron chi connectivity index (χ3n) is 6.13. The average Bonchev–Trinajstić information content (AvgIpc) is 3.31. The average molecular weight is 417 g/mol. The normalized spacial score (nSPS) is 23.0. The Morgan fingerprint density at radius 2 is 1.77 bits per heavy atom. The highest BCUT2D eigenvalue weighted by molar-refractivity contribution is 8.14. The van der Waals surface area contributed by atoms with E-state index in [-0.39, 0.29) is 12.1 Å². The molecule has 1 saturated heterocycles. The second kappa shape index (κ2) is 7.31. The first kappa shape index (κ1) is 19.4. The van der Waals surface area contributed by atoms with Gasteiger partial charge >= 0.3 is 0 Å². The second-order valence-electron chi connectivity index (χ2n) is 8.64. The number of hydrogen-bond donors (Lipinski definition) is 0. The molecule has 5 rings (SSSR count). The third kappa shape index (κ3) is 3.16. The molecule has 0 spiro atoms. The minimum absolute atomic E-state index is 0.0365. The van der Waals surface area contributed by atoms with E-state index < -0.39 is 0 Å². The van der Waals surface area contributed by atoms with Crippen LogP contribution in [-0.4, -0.2) is 31.4 Å². The predicted molar refractivity (Wildman–Crippen MR) is 126 cm³/mol. The van der Waals surface area contributed by atoms with Crippen LogP contribution < -0.4 is 0 Å². The Hall–Kier alpha value is -2.53. The van der Waals surface area contributed by atoms with Crippen LogP contribution in [0.2, 0.25) is 0 Å². The van der Waals surface area contributed by atoms with E-state index in [9.17, 15) is 0 Å². The number of thioether (sulfide) groups is 1. The highest BCUT2D eigenvalue weighted by Gasteiger charge is 2.44. The van der Waals surface area contributed by atoms with Gasteiger partial charge in [-0.25, -0.2) is 0 Å². The molecule has 1 aromatic carbocycles. The summed E-state index contributed by atoms with van der Waals surface area (Å²) in [6.07, 6.45) is 1.88. The van der Waals surface area contributed by atoms with Crippen LogP contribution in [0.5, 0.6) is 0 Å². The van der Waals surface area contributed by atoms with Crippen LogP contribution in [0.15, 0.2) is 53.7 Å². The third-order valence-corrected chi connectivity index (χ3v) is 7.24. The number of aryl methyl sites for hydroxylation is 3. The van der Waals surface area contributed by atoms with E-state index in [1.54, 1.807) is 0 Å². The molecule has 0 N–H and O–H groups in total. The minimum Gasteiger partial charge on any atom is -0.341 e. The maximum absolute atomic E-state index is 5.14. The number of aromatic nitrogens is 2. The van der Waals surface area contributed by atoms with Crippen molar-refractivity contribution >= 4 is 16.9 Å². The lowest BCUT2D eigenvalue weighted by Crippen LogP contribution is -2.28. The lowest BCUT2D eigenvalue weighted by atomic mass is 9.96. The Bertz CT molecular complexity index is 1110. The predicted octanol–water partition coefficient (Wildman–Crippen LogP) is 5.70. The molecule has 0 bridgehead atoms. The van der Waals surface area contributed by atoms with Crippen molar-refractivity contribution in [3.63, 3.8) is 0 Å². The van der Waals surface area contributed by atoms with Gasteiger partial charge in [0.1, 0.15) is 6.04 Å². The van der Waals surface area contributed by atoms with Crippen LogP contribution in [0.25, 0.3) is 5.69 Å². The number of hydrogen-bond acceptors (Lipinski definition) is 4. The van der Waals surface area contributed by atoms with Crippen LogP contribution in [-0.2, 0) is 0 Å². The fourth-order valence-corrected chi connectivity index (χ4v) is 6.11. The maximum atomic E-state index is 5.14. The summed E-state index contributed by atoms with van der Waals surface area (Å²) in [7, 11) is 0. The molecule has 154 valence electrons. The lowest BCUT2D eigenvalue weighted by molar-refractivity contribution is 0.320. The quantitative estimate of drug-likeness (QED) is 0.549. The summed E-state index contributed by atoms with van der Waals surface area (Å²) in [6, 6.07) is 15.5. The molecule has 5 heteroatoms. The summed E-state index contributed by atoms with van der Waals surface area (Å²) >= 11 is 1.89. The molecule has 2 aliphatic rings.